The first-order valence-corrected chi connectivity index (χ1v) is 9.20. The number of hydrogen-bond donors (Lipinski definition) is 1. The number of likely N-dealkylation sites (tertiary alicyclic amines) is 1. The molecule has 0 radical (unpaired) electrons. The van der Waals surface area contributed by atoms with Crippen LogP contribution in [0.3, 0.4) is 0 Å². The van der Waals surface area contributed by atoms with Gasteiger partial charge in [0.25, 0.3) is 0 Å². The third kappa shape index (κ3) is 6.16. The molecule has 7 heteroatoms. The van der Waals surface area contributed by atoms with E-state index in [1.165, 1.54) is 37.3 Å². The fourth-order valence-electron chi connectivity index (χ4n) is 3.23. The number of nitrogens with zero attached hydrogens (tertiary/aromatic N) is 4. The molecule has 0 bridgehead atoms. The molecule has 2 amide bonds. The van der Waals surface area contributed by atoms with Crippen LogP contribution in [0.1, 0.15) is 39.2 Å². The van der Waals surface area contributed by atoms with E-state index in [4.69, 9.17) is 0 Å². The highest BCUT2D eigenvalue weighted by Gasteiger charge is 2.21. The third-order valence-electron chi connectivity index (χ3n) is 4.70. The van der Waals surface area contributed by atoms with E-state index in [-0.39, 0.29) is 18.4 Å². The van der Waals surface area contributed by atoms with Gasteiger partial charge in [-0.15, -0.1) is 0 Å². The zero-order valence-corrected chi connectivity index (χ0v) is 15.6. The second-order valence-electron chi connectivity index (χ2n) is 7.13. The van der Waals surface area contributed by atoms with Crippen molar-refractivity contribution in [3.8, 4) is 0 Å². The molecule has 1 fully saturated rings. The third-order valence-corrected chi connectivity index (χ3v) is 4.70. The number of aromatic nitrogens is 2. The molecule has 7 nitrogen and oxygen atoms in total. The number of piperidine rings is 1. The van der Waals surface area contributed by atoms with Gasteiger partial charge in [0.15, 0.2) is 0 Å². The highest BCUT2D eigenvalue weighted by Crippen LogP contribution is 2.10. The van der Waals surface area contributed by atoms with Crippen molar-refractivity contribution in [2.24, 2.45) is 5.92 Å². The lowest BCUT2D eigenvalue weighted by molar-refractivity contribution is -0.137. The Morgan fingerprint density at radius 3 is 2.60 bits per heavy atom. The molecule has 0 aliphatic carbocycles. The predicted octanol–water partition coefficient (Wildman–Crippen LogP) is 1.14. The molecular weight excluding hydrogens is 318 g/mol. The van der Waals surface area contributed by atoms with Gasteiger partial charge in [0.2, 0.25) is 11.8 Å². The van der Waals surface area contributed by atoms with Crippen LogP contribution in [0.15, 0.2) is 18.5 Å². The summed E-state index contributed by atoms with van der Waals surface area (Å²) in [7, 11) is 1.65. The topological polar surface area (TPSA) is 70.5 Å². The van der Waals surface area contributed by atoms with E-state index >= 15 is 0 Å². The van der Waals surface area contributed by atoms with Crippen molar-refractivity contribution in [1.82, 2.24) is 24.9 Å². The van der Waals surface area contributed by atoms with Gasteiger partial charge in [0.05, 0.1) is 6.54 Å². The number of rotatable bonds is 8. The first-order valence-electron chi connectivity index (χ1n) is 9.20. The Morgan fingerprint density at radius 1 is 1.24 bits per heavy atom. The fourth-order valence-corrected chi connectivity index (χ4v) is 3.23. The molecule has 1 aliphatic heterocycles. The SMILES string of the molecule is CC(CNC(=O)CN(C)C(=O)C(C)n1cccn1)CN1CCCCC1. The fraction of sp³-hybridized carbons (Fsp3) is 0.722. The molecule has 1 saturated heterocycles. The summed E-state index contributed by atoms with van der Waals surface area (Å²) in [6.45, 7) is 8.01. The maximum absolute atomic E-state index is 12.4. The van der Waals surface area contributed by atoms with E-state index in [1.807, 2.05) is 0 Å². The zero-order chi connectivity index (χ0) is 18.2. The molecule has 0 aromatic carbocycles. The van der Waals surface area contributed by atoms with Crippen molar-refractivity contribution in [2.75, 3.05) is 39.8 Å². The van der Waals surface area contributed by atoms with Crippen LogP contribution in [0.2, 0.25) is 0 Å². The lowest BCUT2D eigenvalue weighted by Gasteiger charge is -2.29. The minimum Gasteiger partial charge on any atom is -0.354 e. The van der Waals surface area contributed by atoms with E-state index in [2.05, 4.69) is 22.2 Å². The van der Waals surface area contributed by atoms with E-state index < -0.39 is 6.04 Å². The summed E-state index contributed by atoms with van der Waals surface area (Å²) in [5.41, 5.74) is 0. The normalized spacial score (nSPS) is 17.7. The van der Waals surface area contributed by atoms with Gasteiger partial charge in [-0.2, -0.15) is 5.10 Å². The Hall–Kier alpha value is -1.89. The largest absolute Gasteiger partial charge is 0.354 e. The average Bonchev–Trinajstić information content (AvgIpc) is 3.14. The quantitative estimate of drug-likeness (QED) is 0.764. The summed E-state index contributed by atoms with van der Waals surface area (Å²) < 4.78 is 1.59. The molecule has 2 heterocycles. The summed E-state index contributed by atoms with van der Waals surface area (Å²) in [5.74, 6) is 0.167. The Labute approximate surface area is 150 Å². The van der Waals surface area contributed by atoms with Crippen LogP contribution in [0.4, 0.5) is 0 Å². The number of amides is 2. The molecule has 1 aromatic rings. The average molecular weight is 349 g/mol. The Morgan fingerprint density at radius 2 is 1.96 bits per heavy atom. The molecule has 140 valence electrons. The number of carbonyl (C=O) groups is 2. The van der Waals surface area contributed by atoms with Gasteiger partial charge < -0.3 is 15.1 Å². The lowest BCUT2D eigenvalue weighted by Crippen LogP contribution is -2.43. The Balaban J connectivity index is 1.69. The minimum absolute atomic E-state index is 0.0703. The summed E-state index contributed by atoms with van der Waals surface area (Å²) >= 11 is 0. The van der Waals surface area contributed by atoms with Crippen LogP contribution in [0.25, 0.3) is 0 Å². The Kier molecular flexibility index (Phi) is 7.43. The zero-order valence-electron chi connectivity index (χ0n) is 15.6. The summed E-state index contributed by atoms with van der Waals surface area (Å²) in [6.07, 6.45) is 7.28. The molecule has 2 atom stereocenters. The highest BCUT2D eigenvalue weighted by molar-refractivity contribution is 5.86. The van der Waals surface area contributed by atoms with E-state index in [0.717, 1.165) is 6.54 Å². The van der Waals surface area contributed by atoms with Crippen LogP contribution in [-0.4, -0.2) is 71.2 Å². The number of nitrogens with one attached hydrogen (secondary N) is 1. The van der Waals surface area contributed by atoms with Gasteiger partial charge in [0, 0.05) is 32.5 Å². The minimum atomic E-state index is -0.411. The van der Waals surface area contributed by atoms with E-state index in [9.17, 15) is 9.59 Å². The molecule has 1 N–H and O–H groups in total. The van der Waals surface area contributed by atoms with Crippen LogP contribution in [0, 0.1) is 5.92 Å². The molecule has 25 heavy (non-hydrogen) atoms. The molecule has 1 aromatic heterocycles. The molecular formula is C18H31N5O2. The van der Waals surface area contributed by atoms with Gasteiger partial charge in [-0.25, -0.2) is 0 Å². The summed E-state index contributed by atoms with van der Waals surface area (Å²) in [4.78, 5) is 28.4. The number of carbonyl (C=O) groups excluding carboxylic acids is 2. The van der Waals surface area contributed by atoms with Gasteiger partial charge in [-0.3, -0.25) is 14.3 Å². The van der Waals surface area contributed by atoms with Crippen LogP contribution in [-0.2, 0) is 9.59 Å². The standard InChI is InChI=1S/C18H31N5O2/c1-15(13-22-9-5-4-6-10-22)12-19-17(24)14-21(3)18(25)16(2)23-11-7-8-20-23/h7-8,11,15-16H,4-6,9-10,12-14H2,1-3H3,(H,19,24). The van der Waals surface area contributed by atoms with Crippen molar-refractivity contribution in [3.05, 3.63) is 18.5 Å². The smallest absolute Gasteiger partial charge is 0.247 e. The van der Waals surface area contributed by atoms with Crippen molar-refractivity contribution in [1.29, 1.82) is 0 Å². The van der Waals surface area contributed by atoms with Crippen molar-refractivity contribution < 1.29 is 9.59 Å². The van der Waals surface area contributed by atoms with Crippen molar-refractivity contribution in [2.45, 2.75) is 39.2 Å². The number of likely N-dealkylation sites (N-methyl/N-ethyl adjacent to an activating group) is 1. The maximum Gasteiger partial charge on any atom is 0.247 e. The molecule has 1 aliphatic rings. The van der Waals surface area contributed by atoms with Crippen LogP contribution in [0.5, 0.6) is 0 Å². The van der Waals surface area contributed by atoms with Crippen molar-refractivity contribution >= 4 is 11.8 Å². The first kappa shape index (κ1) is 19.4. The van der Waals surface area contributed by atoms with Crippen molar-refractivity contribution in [3.63, 3.8) is 0 Å². The highest BCUT2D eigenvalue weighted by atomic mass is 16.2. The van der Waals surface area contributed by atoms with Crippen LogP contribution >= 0.6 is 0 Å². The number of hydrogen-bond acceptors (Lipinski definition) is 4. The summed E-state index contributed by atoms with van der Waals surface area (Å²) in [5, 5.41) is 7.03. The first-order chi connectivity index (χ1) is 12.0. The predicted molar refractivity (Wildman–Crippen MR) is 97.0 cm³/mol. The van der Waals surface area contributed by atoms with Gasteiger partial charge in [0.1, 0.15) is 6.04 Å². The maximum atomic E-state index is 12.4. The molecule has 0 saturated carbocycles. The molecule has 2 rings (SSSR count). The van der Waals surface area contributed by atoms with Gasteiger partial charge >= 0.3 is 0 Å². The second kappa shape index (κ2) is 9.56. The van der Waals surface area contributed by atoms with Gasteiger partial charge in [-0.05, 0) is 44.8 Å². The van der Waals surface area contributed by atoms with E-state index in [1.54, 1.807) is 37.1 Å². The van der Waals surface area contributed by atoms with Crippen LogP contribution < -0.4 is 5.32 Å². The monoisotopic (exact) mass is 349 g/mol. The molecule has 0 spiro atoms. The van der Waals surface area contributed by atoms with Gasteiger partial charge in [-0.1, -0.05) is 13.3 Å². The van der Waals surface area contributed by atoms with E-state index in [0.29, 0.717) is 12.5 Å². The summed E-state index contributed by atoms with van der Waals surface area (Å²) in [6, 6.07) is 1.37. The molecule has 2 unspecified atom stereocenters. The lowest BCUT2D eigenvalue weighted by atomic mass is 10.1. The Bertz CT molecular complexity index is 540. The second-order valence-corrected chi connectivity index (χ2v) is 7.13.